The second-order valence-electron chi connectivity index (χ2n) is 3.91. The fourth-order valence-corrected chi connectivity index (χ4v) is 1.53. The standard InChI is InChI=1S/C12H16N2O5/c1-19-7-3-5-9(12(17)18)14-11(16)8-4-2-6-13-10(8)15/h2,4,6,9H,3,5,7H2,1H3,(H,13,15)(H,14,16)(H,17,18). The van der Waals surface area contributed by atoms with Gasteiger partial charge in [0.05, 0.1) is 0 Å². The van der Waals surface area contributed by atoms with Crippen LogP contribution in [0.15, 0.2) is 23.1 Å². The number of aliphatic carboxylic acids is 1. The molecule has 0 aliphatic heterocycles. The number of carboxylic acids is 1. The Balaban J connectivity index is 2.69. The zero-order chi connectivity index (χ0) is 14.3. The third kappa shape index (κ3) is 4.55. The van der Waals surface area contributed by atoms with Gasteiger partial charge in [0, 0.05) is 19.9 Å². The Labute approximate surface area is 109 Å². The molecule has 3 N–H and O–H groups in total. The molecule has 1 amide bonds. The van der Waals surface area contributed by atoms with Gasteiger partial charge in [0.15, 0.2) is 0 Å². The molecule has 1 unspecified atom stereocenters. The van der Waals surface area contributed by atoms with Crippen molar-refractivity contribution in [2.24, 2.45) is 0 Å². The van der Waals surface area contributed by atoms with Crippen LogP contribution in [0.25, 0.3) is 0 Å². The normalized spacial score (nSPS) is 11.8. The second kappa shape index (κ2) is 7.32. The van der Waals surface area contributed by atoms with E-state index in [9.17, 15) is 14.4 Å². The molecule has 0 fully saturated rings. The number of hydrogen-bond acceptors (Lipinski definition) is 4. The fourth-order valence-electron chi connectivity index (χ4n) is 1.53. The van der Waals surface area contributed by atoms with Crippen LogP contribution in [0.2, 0.25) is 0 Å². The van der Waals surface area contributed by atoms with E-state index in [0.717, 1.165) is 0 Å². The molecular formula is C12H16N2O5. The highest BCUT2D eigenvalue weighted by molar-refractivity contribution is 5.96. The van der Waals surface area contributed by atoms with Crippen LogP contribution >= 0.6 is 0 Å². The van der Waals surface area contributed by atoms with Gasteiger partial charge < -0.3 is 20.1 Å². The number of rotatable bonds is 7. The first-order valence-electron chi connectivity index (χ1n) is 5.76. The summed E-state index contributed by atoms with van der Waals surface area (Å²) >= 11 is 0. The summed E-state index contributed by atoms with van der Waals surface area (Å²) in [6.45, 7) is 0.408. The Hall–Kier alpha value is -2.15. The van der Waals surface area contributed by atoms with Crippen LogP contribution < -0.4 is 10.9 Å². The van der Waals surface area contributed by atoms with E-state index in [1.807, 2.05) is 0 Å². The second-order valence-corrected chi connectivity index (χ2v) is 3.91. The summed E-state index contributed by atoms with van der Waals surface area (Å²) in [5.74, 6) is -1.84. The molecule has 1 rings (SSSR count). The zero-order valence-electron chi connectivity index (χ0n) is 10.5. The van der Waals surface area contributed by atoms with E-state index in [1.165, 1.54) is 25.4 Å². The van der Waals surface area contributed by atoms with Gasteiger partial charge in [0.25, 0.3) is 11.5 Å². The molecule has 19 heavy (non-hydrogen) atoms. The lowest BCUT2D eigenvalue weighted by Crippen LogP contribution is -2.42. The van der Waals surface area contributed by atoms with E-state index < -0.39 is 23.5 Å². The Morgan fingerprint density at radius 2 is 2.26 bits per heavy atom. The van der Waals surface area contributed by atoms with Crippen molar-refractivity contribution in [3.63, 3.8) is 0 Å². The first-order chi connectivity index (χ1) is 9.06. The minimum absolute atomic E-state index is 0.111. The van der Waals surface area contributed by atoms with Crippen LogP contribution in [-0.2, 0) is 9.53 Å². The number of H-pyrrole nitrogens is 1. The van der Waals surface area contributed by atoms with Gasteiger partial charge in [-0.25, -0.2) is 4.79 Å². The van der Waals surface area contributed by atoms with E-state index in [-0.39, 0.29) is 12.0 Å². The number of methoxy groups -OCH3 is 1. The van der Waals surface area contributed by atoms with Crippen molar-refractivity contribution >= 4 is 11.9 Å². The van der Waals surface area contributed by atoms with Gasteiger partial charge in [0.2, 0.25) is 0 Å². The number of aromatic amines is 1. The lowest BCUT2D eigenvalue weighted by atomic mass is 10.1. The van der Waals surface area contributed by atoms with Crippen molar-refractivity contribution in [1.29, 1.82) is 0 Å². The minimum Gasteiger partial charge on any atom is -0.480 e. The van der Waals surface area contributed by atoms with Gasteiger partial charge in [-0.3, -0.25) is 9.59 Å². The number of carbonyl (C=O) groups is 2. The third-order valence-corrected chi connectivity index (χ3v) is 2.51. The average molecular weight is 268 g/mol. The smallest absolute Gasteiger partial charge is 0.326 e. The minimum atomic E-state index is -1.14. The van der Waals surface area contributed by atoms with Crippen molar-refractivity contribution in [2.45, 2.75) is 18.9 Å². The quantitative estimate of drug-likeness (QED) is 0.602. The lowest BCUT2D eigenvalue weighted by molar-refractivity contribution is -0.139. The number of hydrogen-bond donors (Lipinski definition) is 3. The maximum atomic E-state index is 11.8. The highest BCUT2D eigenvalue weighted by Gasteiger charge is 2.21. The maximum absolute atomic E-state index is 11.8. The predicted octanol–water partition coefficient (Wildman–Crippen LogP) is -0.0155. The molecule has 1 aromatic rings. The predicted molar refractivity (Wildman–Crippen MR) is 67.1 cm³/mol. The van der Waals surface area contributed by atoms with Crippen LogP contribution in [0.3, 0.4) is 0 Å². The molecule has 1 aromatic heterocycles. The van der Waals surface area contributed by atoms with Gasteiger partial charge in [-0.1, -0.05) is 0 Å². The van der Waals surface area contributed by atoms with Crippen molar-refractivity contribution in [2.75, 3.05) is 13.7 Å². The summed E-state index contributed by atoms with van der Waals surface area (Å²) in [5, 5.41) is 11.3. The highest BCUT2D eigenvalue weighted by atomic mass is 16.5. The fraction of sp³-hybridized carbons (Fsp3) is 0.417. The third-order valence-electron chi connectivity index (χ3n) is 2.51. The number of aromatic nitrogens is 1. The SMILES string of the molecule is COCCCC(NC(=O)c1ccc[nH]c1=O)C(=O)O. The molecule has 0 saturated heterocycles. The number of pyridine rings is 1. The maximum Gasteiger partial charge on any atom is 0.326 e. The molecule has 0 saturated carbocycles. The number of amides is 1. The van der Waals surface area contributed by atoms with Gasteiger partial charge in [-0.2, -0.15) is 0 Å². The Bertz CT molecular complexity index is 497. The topological polar surface area (TPSA) is 108 Å². The molecule has 7 heteroatoms. The van der Waals surface area contributed by atoms with Crippen molar-refractivity contribution in [3.8, 4) is 0 Å². The summed E-state index contributed by atoms with van der Waals surface area (Å²) in [6, 6.07) is 1.79. The van der Waals surface area contributed by atoms with Crippen LogP contribution in [0.5, 0.6) is 0 Å². The number of carbonyl (C=O) groups excluding carboxylic acids is 1. The summed E-state index contributed by atoms with van der Waals surface area (Å²) in [6.07, 6.45) is 2.13. The van der Waals surface area contributed by atoms with Crippen LogP contribution in [-0.4, -0.2) is 41.7 Å². The van der Waals surface area contributed by atoms with Crippen molar-refractivity contribution in [1.82, 2.24) is 10.3 Å². The molecule has 1 heterocycles. The van der Waals surface area contributed by atoms with E-state index in [4.69, 9.17) is 9.84 Å². The highest BCUT2D eigenvalue weighted by Crippen LogP contribution is 2.00. The lowest BCUT2D eigenvalue weighted by Gasteiger charge is -2.13. The summed E-state index contributed by atoms with van der Waals surface area (Å²) in [4.78, 5) is 36.5. The average Bonchev–Trinajstić information content (AvgIpc) is 2.38. The van der Waals surface area contributed by atoms with Gasteiger partial charge in [-0.05, 0) is 25.0 Å². The molecule has 7 nitrogen and oxygen atoms in total. The molecule has 0 aromatic carbocycles. The molecule has 0 bridgehead atoms. The van der Waals surface area contributed by atoms with Crippen LogP contribution in [0.1, 0.15) is 23.2 Å². The zero-order valence-corrected chi connectivity index (χ0v) is 10.5. The molecule has 0 spiro atoms. The van der Waals surface area contributed by atoms with E-state index in [2.05, 4.69) is 10.3 Å². The van der Waals surface area contributed by atoms with Gasteiger partial charge in [-0.15, -0.1) is 0 Å². The molecule has 0 aliphatic carbocycles. The first-order valence-corrected chi connectivity index (χ1v) is 5.76. The summed E-state index contributed by atoms with van der Waals surface area (Å²) in [5.41, 5.74) is -0.665. The Kier molecular flexibility index (Phi) is 5.74. The van der Waals surface area contributed by atoms with Gasteiger partial charge >= 0.3 is 5.97 Å². The number of carboxylic acid groups (broad SMARTS) is 1. The van der Waals surface area contributed by atoms with Crippen LogP contribution in [0, 0.1) is 0 Å². The van der Waals surface area contributed by atoms with Crippen LogP contribution in [0.4, 0.5) is 0 Å². The Morgan fingerprint density at radius 1 is 1.53 bits per heavy atom. The monoisotopic (exact) mass is 268 g/mol. The number of ether oxygens (including phenoxy) is 1. The molecule has 0 aliphatic rings. The summed E-state index contributed by atoms with van der Waals surface area (Å²) < 4.78 is 4.82. The van der Waals surface area contributed by atoms with Crippen molar-refractivity contribution in [3.05, 3.63) is 34.2 Å². The Morgan fingerprint density at radius 3 is 2.84 bits per heavy atom. The van der Waals surface area contributed by atoms with E-state index in [1.54, 1.807) is 0 Å². The molecule has 1 atom stereocenters. The number of nitrogens with one attached hydrogen (secondary N) is 2. The molecule has 104 valence electrons. The summed E-state index contributed by atoms with van der Waals surface area (Å²) in [7, 11) is 1.51. The first kappa shape index (κ1) is 14.9. The van der Waals surface area contributed by atoms with Crippen molar-refractivity contribution < 1.29 is 19.4 Å². The van der Waals surface area contributed by atoms with Gasteiger partial charge in [0.1, 0.15) is 11.6 Å². The molecule has 0 radical (unpaired) electrons. The van der Waals surface area contributed by atoms with E-state index in [0.29, 0.717) is 13.0 Å². The van der Waals surface area contributed by atoms with E-state index >= 15 is 0 Å². The largest absolute Gasteiger partial charge is 0.480 e. The molecular weight excluding hydrogens is 252 g/mol.